The Bertz CT molecular complexity index is 399. The fourth-order valence-corrected chi connectivity index (χ4v) is 2.31. The molecule has 18 heavy (non-hydrogen) atoms. The molecular weight excluding hydrogens is 232 g/mol. The summed E-state index contributed by atoms with van der Waals surface area (Å²) in [6.45, 7) is 2.67. The minimum Gasteiger partial charge on any atom is -0.387 e. The second kappa shape index (κ2) is 5.93. The molecule has 1 saturated heterocycles. The molecule has 1 N–H and O–H groups in total. The molecule has 0 aliphatic carbocycles. The van der Waals surface area contributed by atoms with Gasteiger partial charge in [-0.3, -0.25) is 10.1 Å². The predicted octanol–water partition coefficient (Wildman–Crippen LogP) is 2.11. The van der Waals surface area contributed by atoms with Gasteiger partial charge >= 0.3 is 0 Å². The van der Waals surface area contributed by atoms with Gasteiger partial charge in [-0.25, -0.2) is 0 Å². The molecule has 0 spiro atoms. The van der Waals surface area contributed by atoms with E-state index in [4.69, 9.17) is 0 Å². The van der Waals surface area contributed by atoms with Crippen LogP contribution in [0.15, 0.2) is 24.3 Å². The van der Waals surface area contributed by atoms with Gasteiger partial charge in [-0.05, 0) is 43.6 Å². The highest BCUT2D eigenvalue weighted by molar-refractivity contribution is 5.33. The Kier molecular flexibility index (Phi) is 4.28. The number of nitrogens with zero attached hydrogens (tertiary/aromatic N) is 2. The molecule has 0 amide bonds. The number of β-amino-alcohol motifs (C(OH)–C–C–N with tert-alkyl or cyclic N) is 1. The monoisotopic (exact) mass is 250 g/mol. The number of likely N-dealkylation sites (tertiary alicyclic amines) is 1. The van der Waals surface area contributed by atoms with E-state index in [0.29, 0.717) is 6.54 Å². The van der Waals surface area contributed by atoms with Crippen molar-refractivity contribution in [1.29, 1.82) is 0 Å². The average molecular weight is 250 g/mol. The molecule has 1 fully saturated rings. The number of hydrogen-bond donors (Lipinski definition) is 1. The van der Waals surface area contributed by atoms with Gasteiger partial charge in [0.15, 0.2) is 0 Å². The molecule has 1 aliphatic heterocycles. The van der Waals surface area contributed by atoms with Crippen LogP contribution in [0.2, 0.25) is 0 Å². The quantitative estimate of drug-likeness (QED) is 0.656. The van der Waals surface area contributed by atoms with E-state index in [1.807, 2.05) is 0 Å². The first-order valence-corrected chi connectivity index (χ1v) is 6.31. The van der Waals surface area contributed by atoms with Crippen molar-refractivity contribution < 1.29 is 10.0 Å². The van der Waals surface area contributed by atoms with Crippen LogP contribution < -0.4 is 0 Å². The summed E-state index contributed by atoms with van der Waals surface area (Å²) in [5, 5.41) is 20.6. The van der Waals surface area contributed by atoms with Crippen LogP contribution in [0.5, 0.6) is 0 Å². The summed E-state index contributed by atoms with van der Waals surface area (Å²) < 4.78 is 0. The standard InChI is InChI=1S/C13H18N2O3/c16-13(10-14-8-2-1-3-9-14)11-4-6-12(7-5-11)15(17)18/h4-7,13,16H,1-3,8-10H2/t13-/m1/s1. The highest BCUT2D eigenvalue weighted by Gasteiger charge is 2.16. The molecule has 0 unspecified atom stereocenters. The topological polar surface area (TPSA) is 66.6 Å². The molecule has 1 aromatic rings. The van der Waals surface area contributed by atoms with E-state index < -0.39 is 11.0 Å². The molecule has 1 atom stereocenters. The minimum absolute atomic E-state index is 0.0592. The number of hydrogen-bond acceptors (Lipinski definition) is 4. The van der Waals surface area contributed by atoms with Gasteiger partial charge in [0.2, 0.25) is 0 Å². The third-order valence-electron chi connectivity index (χ3n) is 3.37. The molecule has 5 nitrogen and oxygen atoms in total. The Labute approximate surface area is 106 Å². The van der Waals surface area contributed by atoms with E-state index >= 15 is 0 Å². The number of piperidine rings is 1. The Morgan fingerprint density at radius 3 is 2.39 bits per heavy atom. The number of aliphatic hydroxyl groups excluding tert-OH is 1. The van der Waals surface area contributed by atoms with Crippen molar-refractivity contribution in [2.24, 2.45) is 0 Å². The third-order valence-corrected chi connectivity index (χ3v) is 3.37. The first-order valence-electron chi connectivity index (χ1n) is 6.31. The lowest BCUT2D eigenvalue weighted by Crippen LogP contribution is -2.33. The molecular formula is C13H18N2O3. The van der Waals surface area contributed by atoms with Crippen LogP contribution in [-0.2, 0) is 0 Å². The number of nitro benzene ring substituents is 1. The lowest BCUT2D eigenvalue weighted by molar-refractivity contribution is -0.384. The zero-order valence-electron chi connectivity index (χ0n) is 10.3. The van der Waals surface area contributed by atoms with Crippen LogP contribution in [0.1, 0.15) is 30.9 Å². The largest absolute Gasteiger partial charge is 0.387 e. The van der Waals surface area contributed by atoms with Crippen molar-refractivity contribution >= 4 is 5.69 Å². The summed E-state index contributed by atoms with van der Waals surface area (Å²) in [6.07, 6.45) is 3.08. The van der Waals surface area contributed by atoms with Crippen molar-refractivity contribution in [2.45, 2.75) is 25.4 Å². The maximum Gasteiger partial charge on any atom is 0.269 e. The molecule has 2 rings (SSSR count). The summed E-state index contributed by atoms with van der Waals surface area (Å²) >= 11 is 0. The number of benzene rings is 1. The molecule has 0 bridgehead atoms. The van der Waals surface area contributed by atoms with Crippen molar-refractivity contribution in [1.82, 2.24) is 4.90 Å². The molecule has 1 heterocycles. The highest BCUT2D eigenvalue weighted by Crippen LogP contribution is 2.20. The van der Waals surface area contributed by atoms with Crippen molar-refractivity contribution in [2.75, 3.05) is 19.6 Å². The molecule has 0 radical (unpaired) electrons. The van der Waals surface area contributed by atoms with E-state index in [-0.39, 0.29) is 5.69 Å². The van der Waals surface area contributed by atoms with E-state index in [1.54, 1.807) is 12.1 Å². The van der Waals surface area contributed by atoms with Gasteiger partial charge in [0.25, 0.3) is 5.69 Å². The first-order chi connectivity index (χ1) is 8.66. The van der Waals surface area contributed by atoms with Crippen LogP contribution >= 0.6 is 0 Å². The van der Waals surface area contributed by atoms with Crippen LogP contribution in [-0.4, -0.2) is 34.6 Å². The second-order valence-electron chi connectivity index (χ2n) is 4.73. The molecule has 1 aromatic carbocycles. The number of rotatable bonds is 4. The van der Waals surface area contributed by atoms with Gasteiger partial charge in [-0.15, -0.1) is 0 Å². The Balaban J connectivity index is 1.95. The Morgan fingerprint density at radius 1 is 1.22 bits per heavy atom. The normalized spacial score (nSPS) is 18.5. The smallest absolute Gasteiger partial charge is 0.269 e. The molecule has 5 heteroatoms. The summed E-state index contributed by atoms with van der Waals surface area (Å²) in [6, 6.07) is 6.14. The van der Waals surface area contributed by atoms with Gasteiger partial charge < -0.3 is 10.0 Å². The molecule has 0 aromatic heterocycles. The lowest BCUT2D eigenvalue weighted by Gasteiger charge is -2.28. The van der Waals surface area contributed by atoms with Gasteiger partial charge in [0.1, 0.15) is 0 Å². The fraction of sp³-hybridized carbons (Fsp3) is 0.538. The molecule has 0 saturated carbocycles. The molecule has 98 valence electrons. The maximum atomic E-state index is 10.5. The minimum atomic E-state index is -0.566. The van der Waals surface area contributed by atoms with Crippen LogP contribution in [0, 0.1) is 10.1 Å². The van der Waals surface area contributed by atoms with Crippen molar-refractivity contribution in [3.63, 3.8) is 0 Å². The summed E-state index contributed by atoms with van der Waals surface area (Å²) in [4.78, 5) is 12.3. The number of non-ortho nitro benzene ring substituents is 1. The van der Waals surface area contributed by atoms with Gasteiger partial charge in [0.05, 0.1) is 11.0 Å². The second-order valence-corrected chi connectivity index (χ2v) is 4.73. The summed E-state index contributed by atoms with van der Waals surface area (Å²) in [7, 11) is 0. The van der Waals surface area contributed by atoms with E-state index in [2.05, 4.69) is 4.90 Å². The SMILES string of the molecule is O=[N+]([O-])c1ccc([C@H](O)CN2CCCCC2)cc1. The van der Waals surface area contributed by atoms with Crippen LogP contribution in [0.4, 0.5) is 5.69 Å². The van der Waals surface area contributed by atoms with Crippen LogP contribution in [0.3, 0.4) is 0 Å². The third kappa shape index (κ3) is 3.27. The van der Waals surface area contributed by atoms with E-state index in [0.717, 1.165) is 18.7 Å². The van der Waals surface area contributed by atoms with Gasteiger partial charge in [-0.2, -0.15) is 0 Å². The van der Waals surface area contributed by atoms with E-state index in [1.165, 1.54) is 31.4 Å². The Hall–Kier alpha value is -1.46. The van der Waals surface area contributed by atoms with Crippen LogP contribution in [0.25, 0.3) is 0 Å². The molecule has 1 aliphatic rings. The van der Waals surface area contributed by atoms with Crippen molar-refractivity contribution in [3.8, 4) is 0 Å². The van der Waals surface area contributed by atoms with Gasteiger partial charge in [-0.1, -0.05) is 6.42 Å². The zero-order chi connectivity index (χ0) is 13.0. The van der Waals surface area contributed by atoms with E-state index in [9.17, 15) is 15.2 Å². The summed E-state index contributed by atoms with van der Waals surface area (Å²) in [5.41, 5.74) is 0.801. The van der Waals surface area contributed by atoms with Gasteiger partial charge in [0, 0.05) is 18.7 Å². The Morgan fingerprint density at radius 2 is 1.83 bits per heavy atom. The number of nitro groups is 1. The highest BCUT2D eigenvalue weighted by atomic mass is 16.6. The van der Waals surface area contributed by atoms with Crippen molar-refractivity contribution in [3.05, 3.63) is 39.9 Å². The summed E-state index contributed by atoms with van der Waals surface area (Å²) in [5.74, 6) is 0. The predicted molar refractivity (Wildman–Crippen MR) is 68.3 cm³/mol. The average Bonchev–Trinajstić information content (AvgIpc) is 2.40. The first kappa shape index (κ1) is 13.0. The lowest BCUT2D eigenvalue weighted by atomic mass is 10.1. The maximum absolute atomic E-state index is 10.5. The number of aliphatic hydroxyl groups is 1. The zero-order valence-corrected chi connectivity index (χ0v) is 10.3. The fourth-order valence-electron chi connectivity index (χ4n) is 2.31.